The Morgan fingerprint density at radius 3 is 3.05 bits per heavy atom. The molecule has 19 heavy (non-hydrogen) atoms. The number of hydrogen-bond acceptors (Lipinski definition) is 5. The zero-order valence-corrected chi connectivity index (χ0v) is 11.5. The molecule has 2 aromatic rings. The van der Waals surface area contributed by atoms with E-state index < -0.39 is 9.84 Å². The summed E-state index contributed by atoms with van der Waals surface area (Å²) in [4.78, 5) is 8.59. The summed E-state index contributed by atoms with van der Waals surface area (Å²) in [5.41, 5.74) is 1.77. The summed E-state index contributed by atoms with van der Waals surface area (Å²) in [5, 5.41) is 3.23. The van der Waals surface area contributed by atoms with Gasteiger partial charge in [-0.3, -0.25) is 0 Å². The third kappa shape index (κ3) is 2.42. The van der Waals surface area contributed by atoms with Crippen molar-refractivity contribution in [3.05, 3.63) is 18.6 Å². The van der Waals surface area contributed by atoms with E-state index in [1.807, 2.05) is 17.7 Å². The number of aromatic nitrogens is 3. The molecule has 2 aromatic heterocycles. The lowest BCUT2D eigenvalue weighted by Crippen LogP contribution is -2.35. The first-order chi connectivity index (χ1) is 9.05. The maximum Gasteiger partial charge on any atom is 0.154 e. The fourth-order valence-electron chi connectivity index (χ4n) is 2.50. The second-order valence-electron chi connectivity index (χ2n) is 4.98. The van der Waals surface area contributed by atoms with Crippen molar-refractivity contribution in [1.82, 2.24) is 14.5 Å². The van der Waals surface area contributed by atoms with Crippen LogP contribution >= 0.6 is 0 Å². The van der Waals surface area contributed by atoms with E-state index in [1.165, 1.54) is 0 Å². The molecule has 1 aliphatic rings. The largest absolute Gasteiger partial charge is 0.364 e. The first kappa shape index (κ1) is 12.4. The standard InChI is InChI=1S/C12H16N4O2S/c1-16-8-14-11-10(16)4-5-13-12(11)15-9-3-2-6-19(17,18)7-9/h4-5,8-9H,2-3,6-7H2,1H3,(H,13,15). The van der Waals surface area contributed by atoms with Crippen molar-refractivity contribution >= 4 is 26.7 Å². The Morgan fingerprint density at radius 1 is 1.42 bits per heavy atom. The third-order valence-electron chi connectivity index (χ3n) is 3.45. The molecule has 3 rings (SSSR count). The number of sulfone groups is 1. The number of aryl methyl sites for hydroxylation is 1. The minimum absolute atomic E-state index is 0.0705. The van der Waals surface area contributed by atoms with Crippen LogP contribution in [0.15, 0.2) is 18.6 Å². The highest BCUT2D eigenvalue weighted by atomic mass is 32.2. The SMILES string of the molecule is Cn1cnc2c(NC3CCCS(=O)(=O)C3)nccc21. The van der Waals surface area contributed by atoms with E-state index in [1.54, 1.807) is 12.5 Å². The number of nitrogens with zero attached hydrogens (tertiary/aromatic N) is 3. The highest BCUT2D eigenvalue weighted by Crippen LogP contribution is 2.22. The van der Waals surface area contributed by atoms with Crippen molar-refractivity contribution in [1.29, 1.82) is 0 Å². The zero-order valence-electron chi connectivity index (χ0n) is 10.7. The van der Waals surface area contributed by atoms with Gasteiger partial charge in [0.25, 0.3) is 0 Å². The normalized spacial score (nSPS) is 22.5. The van der Waals surface area contributed by atoms with Gasteiger partial charge in [0.2, 0.25) is 0 Å². The van der Waals surface area contributed by atoms with Crippen LogP contribution in [0, 0.1) is 0 Å². The van der Waals surface area contributed by atoms with Gasteiger partial charge in [-0.2, -0.15) is 0 Å². The first-order valence-electron chi connectivity index (χ1n) is 6.28. The lowest BCUT2D eigenvalue weighted by Gasteiger charge is -2.23. The number of hydrogen-bond donors (Lipinski definition) is 1. The minimum atomic E-state index is -2.92. The average molecular weight is 280 g/mol. The highest BCUT2D eigenvalue weighted by molar-refractivity contribution is 7.91. The molecule has 7 heteroatoms. The molecular formula is C12H16N4O2S. The molecule has 1 N–H and O–H groups in total. The first-order valence-corrected chi connectivity index (χ1v) is 8.10. The molecule has 1 aliphatic heterocycles. The molecule has 1 fully saturated rings. The molecule has 0 amide bonds. The number of fused-ring (bicyclic) bond motifs is 1. The molecule has 0 aromatic carbocycles. The van der Waals surface area contributed by atoms with Gasteiger partial charge in [-0.1, -0.05) is 0 Å². The molecule has 0 saturated carbocycles. The van der Waals surface area contributed by atoms with Gasteiger partial charge >= 0.3 is 0 Å². The van der Waals surface area contributed by atoms with E-state index in [4.69, 9.17) is 0 Å². The summed E-state index contributed by atoms with van der Waals surface area (Å²) in [6, 6.07) is 1.82. The molecular weight excluding hydrogens is 264 g/mol. The summed E-state index contributed by atoms with van der Waals surface area (Å²) in [7, 11) is -0.995. The molecule has 6 nitrogen and oxygen atoms in total. The maximum absolute atomic E-state index is 11.6. The van der Waals surface area contributed by atoms with Crippen LogP contribution in [-0.4, -0.2) is 40.5 Å². The van der Waals surface area contributed by atoms with Crippen molar-refractivity contribution in [2.75, 3.05) is 16.8 Å². The number of anilines is 1. The third-order valence-corrected chi connectivity index (χ3v) is 5.27. The number of pyridine rings is 1. The van der Waals surface area contributed by atoms with Gasteiger partial charge in [0, 0.05) is 19.3 Å². The Bertz CT molecular complexity index is 708. The van der Waals surface area contributed by atoms with Gasteiger partial charge in [0.1, 0.15) is 5.52 Å². The summed E-state index contributed by atoms with van der Waals surface area (Å²) >= 11 is 0. The van der Waals surface area contributed by atoms with Crippen LogP contribution in [0.1, 0.15) is 12.8 Å². The van der Waals surface area contributed by atoms with E-state index in [2.05, 4.69) is 15.3 Å². The molecule has 0 radical (unpaired) electrons. The Kier molecular flexibility index (Phi) is 2.93. The smallest absolute Gasteiger partial charge is 0.154 e. The Hall–Kier alpha value is -1.63. The summed E-state index contributed by atoms with van der Waals surface area (Å²) in [5.74, 6) is 1.14. The second-order valence-corrected chi connectivity index (χ2v) is 7.21. The van der Waals surface area contributed by atoms with E-state index in [9.17, 15) is 8.42 Å². The van der Waals surface area contributed by atoms with E-state index in [0.717, 1.165) is 17.5 Å². The lowest BCUT2D eigenvalue weighted by molar-refractivity contribution is 0.561. The summed E-state index contributed by atoms with van der Waals surface area (Å²) < 4.78 is 25.2. The van der Waals surface area contributed by atoms with Crippen molar-refractivity contribution in [3.8, 4) is 0 Å². The number of nitrogens with one attached hydrogen (secondary N) is 1. The van der Waals surface area contributed by atoms with Crippen molar-refractivity contribution < 1.29 is 8.42 Å². The lowest BCUT2D eigenvalue weighted by atomic mass is 10.2. The predicted octanol–water partition coefficient (Wildman–Crippen LogP) is 0.957. The van der Waals surface area contributed by atoms with Crippen molar-refractivity contribution in [2.24, 2.45) is 7.05 Å². The summed E-state index contributed by atoms with van der Waals surface area (Å²) in [6.07, 6.45) is 5.00. The van der Waals surface area contributed by atoms with Crippen LogP contribution in [0.5, 0.6) is 0 Å². The van der Waals surface area contributed by atoms with Crippen LogP contribution in [0.3, 0.4) is 0 Å². The molecule has 1 atom stereocenters. The maximum atomic E-state index is 11.6. The molecule has 0 spiro atoms. The van der Waals surface area contributed by atoms with Crippen LogP contribution in [0.25, 0.3) is 11.0 Å². The van der Waals surface area contributed by atoms with Gasteiger partial charge in [-0.15, -0.1) is 0 Å². The zero-order chi connectivity index (χ0) is 13.5. The van der Waals surface area contributed by atoms with Gasteiger partial charge in [0.05, 0.1) is 23.3 Å². The molecule has 3 heterocycles. The fraction of sp³-hybridized carbons (Fsp3) is 0.500. The monoisotopic (exact) mass is 280 g/mol. The quantitative estimate of drug-likeness (QED) is 0.886. The molecule has 102 valence electrons. The minimum Gasteiger partial charge on any atom is -0.364 e. The Labute approximate surface area is 111 Å². The molecule has 1 unspecified atom stereocenters. The van der Waals surface area contributed by atoms with Crippen LogP contribution in [-0.2, 0) is 16.9 Å². The Morgan fingerprint density at radius 2 is 2.26 bits per heavy atom. The van der Waals surface area contributed by atoms with E-state index >= 15 is 0 Å². The van der Waals surface area contributed by atoms with Gasteiger partial charge in [-0.05, 0) is 18.9 Å². The molecule has 0 aliphatic carbocycles. The topological polar surface area (TPSA) is 76.9 Å². The summed E-state index contributed by atoms with van der Waals surface area (Å²) in [6.45, 7) is 0. The van der Waals surface area contributed by atoms with Gasteiger partial charge in [0.15, 0.2) is 15.7 Å². The van der Waals surface area contributed by atoms with Gasteiger partial charge < -0.3 is 9.88 Å². The van der Waals surface area contributed by atoms with E-state index in [0.29, 0.717) is 18.0 Å². The highest BCUT2D eigenvalue weighted by Gasteiger charge is 2.25. The predicted molar refractivity (Wildman–Crippen MR) is 73.8 cm³/mol. The van der Waals surface area contributed by atoms with Crippen molar-refractivity contribution in [2.45, 2.75) is 18.9 Å². The second kappa shape index (κ2) is 4.48. The Balaban J connectivity index is 1.89. The van der Waals surface area contributed by atoms with Crippen LogP contribution < -0.4 is 5.32 Å². The van der Waals surface area contributed by atoms with Crippen LogP contribution in [0.2, 0.25) is 0 Å². The molecule has 1 saturated heterocycles. The molecule has 0 bridgehead atoms. The average Bonchev–Trinajstić information content (AvgIpc) is 2.71. The van der Waals surface area contributed by atoms with Crippen LogP contribution in [0.4, 0.5) is 5.82 Å². The van der Waals surface area contributed by atoms with Gasteiger partial charge in [-0.25, -0.2) is 18.4 Å². The number of imidazole rings is 1. The fourth-order valence-corrected chi connectivity index (χ4v) is 4.13. The number of rotatable bonds is 2. The van der Waals surface area contributed by atoms with E-state index in [-0.39, 0.29) is 11.8 Å². The van der Waals surface area contributed by atoms with Crippen molar-refractivity contribution in [3.63, 3.8) is 0 Å².